The zero-order valence-electron chi connectivity index (χ0n) is 14.2. The van der Waals surface area contributed by atoms with E-state index in [0.29, 0.717) is 6.54 Å². The maximum Gasteiger partial charge on any atom is 0.410 e. The number of amides is 2. The van der Waals surface area contributed by atoms with Gasteiger partial charge in [-0.3, -0.25) is 4.79 Å². The molecule has 2 unspecified atom stereocenters. The number of carbonyl (C=O) groups excluding carboxylic acids is 2. The minimum absolute atomic E-state index is 0.0146. The summed E-state index contributed by atoms with van der Waals surface area (Å²) in [6.07, 6.45) is 0.149. The quantitative estimate of drug-likeness (QED) is 0.819. The van der Waals surface area contributed by atoms with Gasteiger partial charge in [-0.2, -0.15) is 0 Å². The van der Waals surface area contributed by atoms with Gasteiger partial charge in [-0.05, 0) is 20.8 Å². The largest absolute Gasteiger partial charge is 0.444 e. The van der Waals surface area contributed by atoms with E-state index in [1.54, 1.807) is 33.9 Å². The van der Waals surface area contributed by atoms with Crippen LogP contribution in [0.15, 0.2) is 11.6 Å². The molecule has 0 aliphatic carbocycles. The van der Waals surface area contributed by atoms with Crippen LogP contribution in [0.4, 0.5) is 4.79 Å². The molecule has 2 amide bonds. The van der Waals surface area contributed by atoms with Crippen LogP contribution in [-0.2, 0) is 16.1 Å². The zero-order chi connectivity index (χ0) is 17.6. The number of aliphatic hydroxyl groups excluding tert-OH is 1. The smallest absolute Gasteiger partial charge is 0.410 e. The molecule has 1 aromatic heterocycles. The second-order valence-electron chi connectivity index (χ2n) is 6.36. The molecule has 0 fully saturated rings. The van der Waals surface area contributed by atoms with E-state index in [4.69, 9.17) is 4.74 Å². The SMILES string of the molecule is CC(C(=O)NCc1nccs1)C(O)CN(C)C(=O)OC(C)(C)C. The number of carbonyl (C=O) groups is 2. The molecule has 2 N–H and O–H groups in total. The highest BCUT2D eigenvalue weighted by atomic mass is 32.1. The fourth-order valence-corrected chi connectivity index (χ4v) is 2.25. The molecule has 0 spiro atoms. The Morgan fingerprint density at radius 2 is 2.13 bits per heavy atom. The van der Waals surface area contributed by atoms with Crippen molar-refractivity contribution in [3.8, 4) is 0 Å². The van der Waals surface area contributed by atoms with Gasteiger partial charge in [0.1, 0.15) is 10.6 Å². The standard InChI is InChI=1S/C15H25N3O4S/c1-10(13(20)17-8-12-16-6-7-23-12)11(19)9-18(5)14(21)22-15(2,3)4/h6-7,10-11,19H,8-9H2,1-5H3,(H,17,20). The van der Waals surface area contributed by atoms with Crippen LogP contribution >= 0.6 is 11.3 Å². The van der Waals surface area contributed by atoms with Crippen molar-refractivity contribution >= 4 is 23.3 Å². The van der Waals surface area contributed by atoms with Gasteiger partial charge in [0.05, 0.1) is 25.1 Å². The minimum Gasteiger partial charge on any atom is -0.444 e. The van der Waals surface area contributed by atoms with Crippen LogP contribution in [-0.4, -0.2) is 52.3 Å². The molecule has 23 heavy (non-hydrogen) atoms. The number of aromatic nitrogens is 1. The van der Waals surface area contributed by atoms with Gasteiger partial charge < -0.3 is 20.1 Å². The Kier molecular flexibility index (Phi) is 6.96. The van der Waals surface area contributed by atoms with Crippen molar-refractivity contribution in [3.05, 3.63) is 16.6 Å². The monoisotopic (exact) mass is 343 g/mol. The second-order valence-corrected chi connectivity index (χ2v) is 7.34. The summed E-state index contributed by atoms with van der Waals surface area (Å²) < 4.78 is 5.21. The van der Waals surface area contributed by atoms with E-state index in [1.807, 2.05) is 5.38 Å². The van der Waals surface area contributed by atoms with Crippen LogP contribution in [0.3, 0.4) is 0 Å². The summed E-state index contributed by atoms with van der Waals surface area (Å²) in [6, 6.07) is 0. The molecular formula is C15H25N3O4S. The molecule has 2 atom stereocenters. The predicted octanol–water partition coefficient (Wildman–Crippen LogP) is 1.62. The van der Waals surface area contributed by atoms with Crippen molar-refractivity contribution in [2.45, 2.75) is 45.9 Å². The van der Waals surface area contributed by atoms with Gasteiger partial charge in [0.25, 0.3) is 0 Å². The molecule has 1 rings (SSSR count). The molecule has 1 aromatic rings. The lowest BCUT2D eigenvalue weighted by Gasteiger charge is -2.27. The highest BCUT2D eigenvalue weighted by Gasteiger charge is 2.26. The number of thiazole rings is 1. The van der Waals surface area contributed by atoms with E-state index in [9.17, 15) is 14.7 Å². The summed E-state index contributed by atoms with van der Waals surface area (Å²) in [5.41, 5.74) is -0.604. The molecule has 0 bridgehead atoms. The third-order valence-electron chi connectivity index (χ3n) is 3.05. The molecule has 130 valence electrons. The molecular weight excluding hydrogens is 318 g/mol. The first-order chi connectivity index (χ1) is 10.6. The Morgan fingerprint density at radius 3 is 2.65 bits per heavy atom. The molecule has 8 heteroatoms. The Bertz CT molecular complexity index is 513. The molecule has 0 aromatic carbocycles. The maximum absolute atomic E-state index is 12.0. The Hall–Kier alpha value is -1.67. The van der Waals surface area contributed by atoms with Crippen molar-refractivity contribution in [1.29, 1.82) is 0 Å². The third-order valence-corrected chi connectivity index (χ3v) is 3.83. The van der Waals surface area contributed by atoms with Crippen molar-refractivity contribution in [2.75, 3.05) is 13.6 Å². The number of likely N-dealkylation sites (N-methyl/N-ethyl adjacent to an activating group) is 1. The first-order valence-electron chi connectivity index (χ1n) is 7.38. The summed E-state index contributed by atoms with van der Waals surface area (Å²) in [5.74, 6) is -0.940. The molecule has 0 radical (unpaired) electrons. The summed E-state index contributed by atoms with van der Waals surface area (Å²) in [7, 11) is 1.53. The number of aliphatic hydroxyl groups is 1. The predicted molar refractivity (Wildman–Crippen MR) is 88.0 cm³/mol. The van der Waals surface area contributed by atoms with Gasteiger partial charge in [-0.25, -0.2) is 9.78 Å². The number of nitrogens with one attached hydrogen (secondary N) is 1. The van der Waals surface area contributed by atoms with Gasteiger partial charge in [-0.1, -0.05) is 6.92 Å². The Labute approximate surface area is 140 Å². The van der Waals surface area contributed by atoms with Crippen molar-refractivity contribution in [3.63, 3.8) is 0 Å². The number of ether oxygens (including phenoxy) is 1. The van der Waals surface area contributed by atoms with Crippen molar-refractivity contribution in [2.24, 2.45) is 5.92 Å². The first kappa shape index (κ1) is 19.4. The van der Waals surface area contributed by atoms with Gasteiger partial charge in [0.15, 0.2) is 0 Å². The topological polar surface area (TPSA) is 91.8 Å². The van der Waals surface area contributed by atoms with E-state index >= 15 is 0 Å². The van der Waals surface area contributed by atoms with E-state index in [0.717, 1.165) is 5.01 Å². The van der Waals surface area contributed by atoms with Gasteiger partial charge in [-0.15, -0.1) is 11.3 Å². The lowest BCUT2D eigenvalue weighted by Crippen LogP contribution is -2.44. The van der Waals surface area contributed by atoms with Crippen molar-refractivity contribution in [1.82, 2.24) is 15.2 Å². The average Bonchev–Trinajstić information content (AvgIpc) is 2.95. The van der Waals surface area contributed by atoms with Crippen LogP contribution in [0.5, 0.6) is 0 Å². The Balaban J connectivity index is 2.44. The fraction of sp³-hybridized carbons (Fsp3) is 0.667. The summed E-state index contributed by atoms with van der Waals surface area (Å²) in [4.78, 5) is 29.2. The molecule has 0 aliphatic rings. The van der Waals surface area contributed by atoms with Crippen LogP contribution in [0.2, 0.25) is 0 Å². The summed E-state index contributed by atoms with van der Waals surface area (Å²) in [6.45, 7) is 7.26. The number of hydrogen-bond acceptors (Lipinski definition) is 6. The van der Waals surface area contributed by atoms with E-state index in [-0.39, 0.29) is 12.5 Å². The lowest BCUT2D eigenvalue weighted by molar-refractivity contribution is -0.128. The van der Waals surface area contributed by atoms with Crippen LogP contribution in [0.1, 0.15) is 32.7 Å². The molecule has 0 saturated heterocycles. The first-order valence-corrected chi connectivity index (χ1v) is 8.26. The van der Waals surface area contributed by atoms with E-state index in [2.05, 4.69) is 10.3 Å². The Morgan fingerprint density at radius 1 is 1.48 bits per heavy atom. The summed E-state index contributed by atoms with van der Waals surface area (Å²) >= 11 is 1.45. The normalized spacial score (nSPS) is 14.0. The minimum atomic E-state index is -0.983. The van der Waals surface area contributed by atoms with E-state index in [1.165, 1.54) is 23.3 Å². The molecule has 0 saturated carbocycles. The van der Waals surface area contributed by atoms with Gasteiger partial charge in [0, 0.05) is 18.6 Å². The second kappa shape index (κ2) is 8.26. The number of nitrogens with zero attached hydrogens (tertiary/aromatic N) is 2. The molecule has 7 nitrogen and oxygen atoms in total. The highest BCUT2D eigenvalue weighted by molar-refractivity contribution is 7.09. The third kappa shape index (κ3) is 6.96. The molecule has 1 heterocycles. The lowest BCUT2D eigenvalue weighted by atomic mass is 10.0. The van der Waals surface area contributed by atoms with Crippen LogP contribution < -0.4 is 5.32 Å². The van der Waals surface area contributed by atoms with Crippen molar-refractivity contribution < 1.29 is 19.4 Å². The molecule has 0 aliphatic heterocycles. The van der Waals surface area contributed by atoms with E-state index < -0.39 is 23.7 Å². The number of rotatable bonds is 6. The van der Waals surface area contributed by atoms with Gasteiger partial charge >= 0.3 is 6.09 Å². The highest BCUT2D eigenvalue weighted by Crippen LogP contribution is 2.11. The van der Waals surface area contributed by atoms with Crippen LogP contribution in [0.25, 0.3) is 0 Å². The van der Waals surface area contributed by atoms with Crippen LogP contribution in [0, 0.1) is 5.92 Å². The average molecular weight is 343 g/mol. The number of hydrogen-bond donors (Lipinski definition) is 2. The zero-order valence-corrected chi connectivity index (χ0v) is 15.0. The fourth-order valence-electron chi connectivity index (χ4n) is 1.69. The maximum atomic E-state index is 12.0. The van der Waals surface area contributed by atoms with Gasteiger partial charge in [0.2, 0.25) is 5.91 Å². The summed E-state index contributed by atoms with van der Waals surface area (Å²) in [5, 5.41) is 15.5.